The number of nitrogens with zero attached hydrogens (tertiary/aromatic N) is 2. The number of amides is 1. The third kappa shape index (κ3) is 4.07. The quantitative estimate of drug-likeness (QED) is 0.591. The molecule has 8 nitrogen and oxygen atoms in total. The molecule has 0 aliphatic carbocycles. The molecule has 3 aromatic rings. The lowest BCUT2D eigenvalue weighted by atomic mass is 10.1. The molecule has 0 bridgehead atoms. The maximum Gasteiger partial charge on any atom is 0.274 e. The minimum Gasteiger partial charge on any atom is -0.491 e. The van der Waals surface area contributed by atoms with Gasteiger partial charge in [0.25, 0.3) is 11.5 Å². The van der Waals surface area contributed by atoms with E-state index >= 15 is 0 Å². The van der Waals surface area contributed by atoms with Crippen molar-refractivity contribution in [1.82, 2.24) is 9.78 Å². The number of carbonyl (C=O) groups is 2. The van der Waals surface area contributed by atoms with Gasteiger partial charge in [-0.25, -0.2) is 4.68 Å². The Kier molecular flexibility index (Phi) is 5.51. The highest BCUT2D eigenvalue weighted by Gasteiger charge is 2.16. The van der Waals surface area contributed by atoms with Crippen LogP contribution in [0.1, 0.15) is 27.8 Å². The van der Waals surface area contributed by atoms with Crippen LogP contribution in [-0.4, -0.2) is 39.3 Å². The Hall–Kier alpha value is -3.52. The Morgan fingerprint density at radius 3 is 2.57 bits per heavy atom. The van der Waals surface area contributed by atoms with Gasteiger partial charge in [0.2, 0.25) is 0 Å². The van der Waals surface area contributed by atoms with Crippen LogP contribution >= 0.6 is 0 Å². The number of primary amides is 1. The molecule has 0 aliphatic heterocycles. The molecule has 0 radical (unpaired) electrons. The first-order chi connectivity index (χ1) is 13.4. The van der Waals surface area contributed by atoms with E-state index in [9.17, 15) is 19.5 Å². The Bertz CT molecular complexity index is 1110. The van der Waals surface area contributed by atoms with E-state index in [2.05, 4.69) is 5.10 Å². The van der Waals surface area contributed by atoms with Crippen LogP contribution < -0.4 is 16.0 Å². The molecule has 144 valence electrons. The number of hydrogen-bond acceptors (Lipinski definition) is 6. The number of rotatable bonds is 7. The third-order valence-corrected chi connectivity index (χ3v) is 4.17. The maximum atomic E-state index is 12.6. The van der Waals surface area contributed by atoms with E-state index in [-0.39, 0.29) is 30.0 Å². The molecule has 0 saturated carbocycles. The first kappa shape index (κ1) is 19.2. The van der Waals surface area contributed by atoms with E-state index in [1.54, 1.807) is 48.5 Å². The molecule has 0 spiro atoms. The number of Topliss-reactive ketones (excluding diaryl/α,β-unsaturated/α-hetero) is 1. The molecule has 28 heavy (non-hydrogen) atoms. The Balaban J connectivity index is 1.80. The Morgan fingerprint density at radius 2 is 1.89 bits per heavy atom. The number of ether oxygens (including phenoxy) is 1. The minimum atomic E-state index is -1.08. The number of hydrogen-bond donors (Lipinski definition) is 2. The molecule has 0 saturated heterocycles. The number of aliphatic hydroxyl groups excluding tert-OH is 1. The summed E-state index contributed by atoms with van der Waals surface area (Å²) in [6.07, 6.45) is -1.08. The lowest BCUT2D eigenvalue weighted by Gasteiger charge is -2.15. The predicted octanol–water partition coefficient (Wildman–Crippen LogP) is 1.14. The number of carbonyl (C=O) groups excluding carboxylic acids is 2. The molecule has 1 amide bonds. The van der Waals surface area contributed by atoms with E-state index < -0.39 is 17.6 Å². The highest BCUT2D eigenvalue weighted by molar-refractivity contribution is 6.03. The summed E-state index contributed by atoms with van der Waals surface area (Å²) in [7, 11) is 0. The van der Waals surface area contributed by atoms with Crippen LogP contribution in [0.4, 0.5) is 0 Å². The molecule has 2 aromatic carbocycles. The Labute approximate surface area is 160 Å². The maximum absolute atomic E-state index is 12.6. The zero-order valence-electron chi connectivity index (χ0n) is 15.2. The van der Waals surface area contributed by atoms with E-state index in [1.165, 1.54) is 6.92 Å². The van der Waals surface area contributed by atoms with Gasteiger partial charge < -0.3 is 15.6 Å². The summed E-state index contributed by atoms with van der Waals surface area (Å²) in [6.45, 7) is 1.13. The summed E-state index contributed by atoms with van der Waals surface area (Å²) in [6, 6.07) is 13.1. The zero-order chi connectivity index (χ0) is 20.3. The normalized spacial score (nSPS) is 11.9. The van der Waals surface area contributed by atoms with Gasteiger partial charge in [0.05, 0.1) is 11.9 Å². The van der Waals surface area contributed by atoms with E-state index in [0.29, 0.717) is 16.7 Å². The first-order valence-electron chi connectivity index (χ1n) is 8.58. The van der Waals surface area contributed by atoms with E-state index in [4.69, 9.17) is 10.5 Å². The number of aliphatic hydroxyl groups is 1. The van der Waals surface area contributed by atoms with Crippen LogP contribution in [0.2, 0.25) is 0 Å². The van der Waals surface area contributed by atoms with E-state index in [1.807, 2.05) is 0 Å². The highest BCUT2D eigenvalue weighted by atomic mass is 16.5. The van der Waals surface area contributed by atoms with Crippen molar-refractivity contribution in [1.29, 1.82) is 0 Å². The summed E-state index contributed by atoms with van der Waals surface area (Å²) in [5.41, 5.74) is 5.37. The van der Waals surface area contributed by atoms with Gasteiger partial charge in [-0.15, -0.1) is 0 Å². The topological polar surface area (TPSA) is 125 Å². The standard InChI is InChI=1S/C20H19N3O5/c1-12(24)13-5-4-6-15(9-13)28-11-14(25)10-23-20(27)17-8-3-2-7-16(17)18(22-23)19(21)26/h2-9,14,25H,10-11H2,1H3,(H2,21,26)/t14-/m1/s1. The largest absolute Gasteiger partial charge is 0.491 e. The van der Waals surface area contributed by atoms with Gasteiger partial charge in [-0.05, 0) is 25.1 Å². The van der Waals surface area contributed by atoms with Gasteiger partial charge in [0.15, 0.2) is 11.5 Å². The molecular weight excluding hydrogens is 362 g/mol. The fourth-order valence-corrected chi connectivity index (χ4v) is 2.79. The number of fused-ring (bicyclic) bond motifs is 1. The molecule has 0 aliphatic rings. The van der Waals surface area contributed by atoms with Crippen molar-refractivity contribution in [3.63, 3.8) is 0 Å². The summed E-state index contributed by atoms with van der Waals surface area (Å²) < 4.78 is 6.50. The van der Waals surface area contributed by atoms with Crippen molar-refractivity contribution in [3.8, 4) is 5.75 Å². The lowest BCUT2D eigenvalue weighted by molar-refractivity contribution is 0.0870. The van der Waals surface area contributed by atoms with Gasteiger partial charge in [-0.2, -0.15) is 5.10 Å². The van der Waals surface area contributed by atoms with Gasteiger partial charge in [0, 0.05) is 10.9 Å². The second-order valence-electron chi connectivity index (χ2n) is 6.29. The molecule has 1 aromatic heterocycles. The Morgan fingerprint density at radius 1 is 1.18 bits per heavy atom. The van der Waals surface area contributed by atoms with Crippen molar-refractivity contribution < 1.29 is 19.4 Å². The van der Waals surface area contributed by atoms with Gasteiger partial charge in [0.1, 0.15) is 18.5 Å². The summed E-state index contributed by atoms with van der Waals surface area (Å²) in [5.74, 6) is -0.447. The average molecular weight is 381 g/mol. The predicted molar refractivity (Wildman–Crippen MR) is 102 cm³/mol. The molecular formula is C20H19N3O5. The summed E-state index contributed by atoms with van der Waals surface area (Å²) in [4.78, 5) is 35.7. The average Bonchev–Trinajstić information content (AvgIpc) is 2.68. The SMILES string of the molecule is CC(=O)c1cccc(OC[C@H](O)Cn2nc(C(N)=O)c3ccccc3c2=O)c1. The van der Waals surface area contributed by atoms with Gasteiger partial charge >= 0.3 is 0 Å². The lowest BCUT2D eigenvalue weighted by Crippen LogP contribution is -2.34. The molecule has 3 N–H and O–H groups in total. The van der Waals surface area contributed by atoms with Crippen LogP contribution in [0.5, 0.6) is 5.75 Å². The monoisotopic (exact) mass is 381 g/mol. The highest BCUT2D eigenvalue weighted by Crippen LogP contribution is 2.15. The summed E-state index contributed by atoms with van der Waals surface area (Å²) in [5, 5.41) is 14.9. The van der Waals surface area contributed by atoms with Crippen LogP contribution in [0.25, 0.3) is 10.8 Å². The van der Waals surface area contributed by atoms with Crippen LogP contribution in [-0.2, 0) is 6.54 Å². The van der Waals surface area contributed by atoms with Crippen molar-refractivity contribution in [2.45, 2.75) is 19.6 Å². The first-order valence-corrected chi connectivity index (χ1v) is 8.58. The molecule has 1 atom stereocenters. The molecule has 1 heterocycles. The molecule has 0 unspecified atom stereocenters. The minimum absolute atomic E-state index is 0.0440. The fourth-order valence-electron chi connectivity index (χ4n) is 2.79. The van der Waals surface area contributed by atoms with Crippen LogP contribution in [0, 0.1) is 0 Å². The van der Waals surface area contributed by atoms with Crippen LogP contribution in [0.3, 0.4) is 0 Å². The van der Waals surface area contributed by atoms with Gasteiger partial charge in [-0.1, -0.05) is 30.3 Å². The van der Waals surface area contributed by atoms with E-state index in [0.717, 1.165) is 4.68 Å². The number of aromatic nitrogens is 2. The number of benzene rings is 2. The van der Waals surface area contributed by atoms with Crippen LogP contribution in [0.15, 0.2) is 53.3 Å². The zero-order valence-corrected chi connectivity index (χ0v) is 15.2. The smallest absolute Gasteiger partial charge is 0.274 e. The van der Waals surface area contributed by atoms with Gasteiger partial charge in [-0.3, -0.25) is 14.4 Å². The molecule has 3 rings (SSSR count). The second-order valence-corrected chi connectivity index (χ2v) is 6.29. The number of nitrogens with two attached hydrogens (primary N) is 1. The van der Waals surface area contributed by atoms with Crippen molar-refractivity contribution in [3.05, 3.63) is 70.1 Å². The fraction of sp³-hybridized carbons (Fsp3) is 0.200. The molecule has 0 fully saturated rings. The van der Waals surface area contributed by atoms with Crippen molar-refractivity contribution in [2.75, 3.05) is 6.61 Å². The van der Waals surface area contributed by atoms with Crippen molar-refractivity contribution >= 4 is 22.5 Å². The third-order valence-electron chi connectivity index (χ3n) is 4.17. The summed E-state index contributed by atoms with van der Waals surface area (Å²) >= 11 is 0. The molecule has 8 heteroatoms. The number of ketones is 1. The van der Waals surface area contributed by atoms with Crippen molar-refractivity contribution in [2.24, 2.45) is 5.73 Å². The second kappa shape index (κ2) is 8.01.